The molecule has 2 atom stereocenters. The number of aryl methyl sites for hydroxylation is 1. The molecule has 2 aromatic heterocycles. The molecule has 4 rings (SSSR count). The molecule has 1 saturated heterocycles. The molecular formula is C17H19N5O. The lowest BCUT2D eigenvalue weighted by atomic mass is 9.92. The third-order valence-electron chi connectivity index (χ3n) is 4.59. The fraction of sp³-hybridized carbons (Fsp3) is 0.353. The minimum Gasteiger partial charge on any atom is -0.396 e. The summed E-state index contributed by atoms with van der Waals surface area (Å²) in [5.74, 6) is 1.32. The number of fused-ring (bicyclic) bond motifs is 1. The third kappa shape index (κ3) is 2.55. The van der Waals surface area contributed by atoms with Crippen LogP contribution in [0.15, 0.2) is 42.9 Å². The smallest absolute Gasteiger partial charge is 0.147 e. The van der Waals surface area contributed by atoms with Crippen LogP contribution in [0.5, 0.6) is 0 Å². The molecule has 0 saturated carbocycles. The van der Waals surface area contributed by atoms with Gasteiger partial charge in [-0.2, -0.15) is 5.10 Å². The first kappa shape index (κ1) is 14.1. The second kappa shape index (κ2) is 5.62. The molecule has 0 radical (unpaired) electrons. The Kier molecular flexibility index (Phi) is 3.46. The van der Waals surface area contributed by atoms with Gasteiger partial charge in [0.05, 0.1) is 23.4 Å². The van der Waals surface area contributed by atoms with E-state index in [4.69, 9.17) is 4.98 Å². The molecule has 3 aromatic rings. The fourth-order valence-electron chi connectivity index (χ4n) is 3.35. The Hall–Kier alpha value is -2.47. The van der Waals surface area contributed by atoms with Crippen molar-refractivity contribution in [3.63, 3.8) is 0 Å². The van der Waals surface area contributed by atoms with Gasteiger partial charge in [-0.3, -0.25) is 9.67 Å². The average molecular weight is 309 g/mol. The summed E-state index contributed by atoms with van der Waals surface area (Å²) >= 11 is 0. The van der Waals surface area contributed by atoms with Crippen LogP contribution < -0.4 is 4.90 Å². The predicted octanol–water partition coefficient (Wildman–Crippen LogP) is 1.58. The SMILES string of the molecule is Cn1cc([C@@H]2CN(c3cnc4ccccc4n3)C[C@H]2CO)cn1. The standard InChI is InChI=1S/C17H19N5O/c1-21-8-12(6-19-21)14-10-22(9-13(14)11-23)17-7-18-15-4-2-3-5-16(15)20-17/h2-8,13-14,23H,9-11H2,1H3/t13-,14-/m0/s1. The van der Waals surface area contributed by atoms with Gasteiger partial charge in [0.1, 0.15) is 5.82 Å². The van der Waals surface area contributed by atoms with Crippen molar-refractivity contribution in [3.8, 4) is 0 Å². The Morgan fingerprint density at radius 3 is 2.74 bits per heavy atom. The Morgan fingerprint density at radius 2 is 2.00 bits per heavy atom. The molecule has 6 nitrogen and oxygen atoms in total. The van der Waals surface area contributed by atoms with Gasteiger partial charge in [0, 0.05) is 44.8 Å². The highest BCUT2D eigenvalue weighted by atomic mass is 16.3. The topological polar surface area (TPSA) is 67.1 Å². The molecule has 1 aliphatic heterocycles. The van der Waals surface area contributed by atoms with Crippen LogP contribution in [-0.4, -0.2) is 44.6 Å². The van der Waals surface area contributed by atoms with Crippen molar-refractivity contribution >= 4 is 16.9 Å². The molecule has 1 aliphatic rings. The third-order valence-corrected chi connectivity index (χ3v) is 4.59. The molecule has 1 aromatic carbocycles. The van der Waals surface area contributed by atoms with Crippen LogP contribution in [0, 0.1) is 5.92 Å². The second-order valence-corrected chi connectivity index (χ2v) is 6.12. The van der Waals surface area contributed by atoms with Crippen LogP contribution in [0.4, 0.5) is 5.82 Å². The van der Waals surface area contributed by atoms with E-state index in [2.05, 4.69) is 15.0 Å². The number of hydrogen-bond acceptors (Lipinski definition) is 5. The van der Waals surface area contributed by atoms with Crippen LogP contribution in [0.2, 0.25) is 0 Å². The summed E-state index contributed by atoms with van der Waals surface area (Å²) in [6.07, 6.45) is 5.74. The van der Waals surface area contributed by atoms with Gasteiger partial charge in [-0.05, 0) is 17.7 Å². The van der Waals surface area contributed by atoms with Crippen LogP contribution in [-0.2, 0) is 7.05 Å². The van der Waals surface area contributed by atoms with Crippen LogP contribution in [0.3, 0.4) is 0 Å². The summed E-state index contributed by atoms with van der Waals surface area (Å²) in [5.41, 5.74) is 2.97. The maximum Gasteiger partial charge on any atom is 0.147 e. The van der Waals surface area contributed by atoms with Crippen molar-refractivity contribution in [1.82, 2.24) is 19.7 Å². The molecule has 23 heavy (non-hydrogen) atoms. The van der Waals surface area contributed by atoms with E-state index in [0.717, 1.165) is 29.9 Å². The highest BCUT2D eigenvalue weighted by molar-refractivity contribution is 5.75. The van der Waals surface area contributed by atoms with Crippen molar-refractivity contribution in [3.05, 3.63) is 48.4 Å². The first-order chi connectivity index (χ1) is 11.2. The zero-order valence-corrected chi connectivity index (χ0v) is 13.0. The first-order valence-corrected chi connectivity index (χ1v) is 7.81. The fourth-order valence-corrected chi connectivity index (χ4v) is 3.35. The van der Waals surface area contributed by atoms with E-state index in [0.29, 0.717) is 0 Å². The van der Waals surface area contributed by atoms with Crippen molar-refractivity contribution in [2.24, 2.45) is 13.0 Å². The van der Waals surface area contributed by atoms with Crippen LogP contribution in [0.1, 0.15) is 11.5 Å². The number of para-hydroxylation sites is 2. The molecule has 1 N–H and O–H groups in total. The van der Waals surface area contributed by atoms with Crippen molar-refractivity contribution in [2.45, 2.75) is 5.92 Å². The van der Waals surface area contributed by atoms with E-state index in [1.807, 2.05) is 54.6 Å². The van der Waals surface area contributed by atoms with Gasteiger partial charge in [-0.15, -0.1) is 0 Å². The van der Waals surface area contributed by atoms with E-state index in [1.54, 1.807) is 0 Å². The Labute approximate surface area is 134 Å². The number of anilines is 1. The van der Waals surface area contributed by atoms with Gasteiger partial charge in [-0.1, -0.05) is 12.1 Å². The van der Waals surface area contributed by atoms with Crippen molar-refractivity contribution in [1.29, 1.82) is 0 Å². The number of aliphatic hydroxyl groups excluding tert-OH is 1. The average Bonchev–Trinajstić information content (AvgIpc) is 3.20. The lowest BCUT2D eigenvalue weighted by Crippen LogP contribution is -2.21. The summed E-state index contributed by atoms with van der Waals surface area (Å²) in [4.78, 5) is 11.4. The van der Waals surface area contributed by atoms with E-state index < -0.39 is 0 Å². The number of aromatic nitrogens is 4. The Bertz CT molecular complexity index is 830. The van der Waals surface area contributed by atoms with E-state index >= 15 is 0 Å². The molecule has 0 aliphatic carbocycles. The van der Waals surface area contributed by atoms with Crippen molar-refractivity contribution in [2.75, 3.05) is 24.6 Å². The van der Waals surface area contributed by atoms with Gasteiger partial charge in [0.25, 0.3) is 0 Å². The summed E-state index contributed by atoms with van der Waals surface area (Å²) in [6, 6.07) is 7.88. The van der Waals surface area contributed by atoms with Gasteiger partial charge < -0.3 is 10.0 Å². The van der Waals surface area contributed by atoms with Crippen LogP contribution >= 0.6 is 0 Å². The minimum absolute atomic E-state index is 0.164. The largest absolute Gasteiger partial charge is 0.396 e. The molecule has 0 spiro atoms. The zero-order chi connectivity index (χ0) is 15.8. The molecular weight excluding hydrogens is 290 g/mol. The molecule has 6 heteroatoms. The highest BCUT2D eigenvalue weighted by Gasteiger charge is 2.34. The van der Waals surface area contributed by atoms with Gasteiger partial charge in [0.15, 0.2) is 0 Å². The van der Waals surface area contributed by atoms with E-state index in [1.165, 1.54) is 5.56 Å². The summed E-state index contributed by atoms with van der Waals surface area (Å²) < 4.78 is 1.81. The molecule has 0 unspecified atom stereocenters. The lowest BCUT2D eigenvalue weighted by Gasteiger charge is -2.17. The lowest BCUT2D eigenvalue weighted by molar-refractivity contribution is 0.227. The predicted molar refractivity (Wildman–Crippen MR) is 88.3 cm³/mol. The first-order valence-electron chi connectivity index (χ1n) is 7.81. The highest BCUT2D eigenvalue weighted by Crippen LogP contribution is 2.34. The van der Waals surface area contributed by atoms with Gasteiger partial charge >= 0.3 is 0 Å². The maximum atomic E-state index is 9.75. The van der Waals surface area contributed by atoms with Crippen molar-refractivity contribution < 1.29 is 5.11 Å². The maximum absolute atomic E-state index is 9.75. The number of rotatable bonds is 3. The minimum atomic E-state index is 0.164. The molecule has 0 amide bonds. The number of hydrogen-bond donors (Lipinski definition) is 1. The number of benzene rings is 1. The number of nitrogens with zero attached hydrogens (tertiary/aromatic N) is 5. The van der Waals surface area contributed by atoms with Gasteiger partial charge in [-0.25, -0.2) is 4.98 Å². The van der Waals surface area contributed by atoms with E-state index in [9.17, 15) is 5.11 Å². The van der Waals surface area contributed by atoms with Gasteiger partial charge in [0.2, 0.25) is 0 Å². The second-order valence-electron chi connectivity index (χ2n) is 6.12. The monoisotopic (exact) mass is 309 g/mol. The van der Waals surface area contributed by atoms with E-state index in [-0.39, 0.29) is 18.4 Å². The summed E-state index contributed by atoms with van der Waals surface area (Å²) in [7, 11) is 1.92. The Balaban J connectivity index is 1.64. The Morgan fingerprint density at radius 1 is 1.17 bits per heavy atom. The van der Waals surface area contributed by atoms with Crippen LogP contribution in [0.25, 0.3) is 11.0 Å². The normalized spacial score (nSPS) is 21.2. The number of aliphatic hydroxyl groups is 1. The zero-order valence-electron chi connectivity index (χ0n) is 13.0. The molecule has 3 heterocycles. The molecule has 0 bridgehead atoms. The molecule has 118 valence electrons. The summed E-state index contributed by atoms with van der Waals surface area (Å²) in [5, 5.41) is 14.0. The summed E-state index contributed by atoms with van der Waals surface area (Å²) in [6.45, 7) is 1.77. The quantitative estimate of drug-likeness (QED) is 0.795. The molecule has 1 fully saturated rings.